The third-order valence-electron chi connectivity index (χ3n) is 2.47. The zero-order valence-electron chi connectivity index (χ0n) is 8.50. The average Bonchev–Trinajstić information content (AvgIpc) is 2.50. The second kappa shape index (κ2) is 3.78. The van der Waals surface area contributed by atoms with Crippen molar-refractivity contribution in [3.63, 3.8) is 0 Å². The van der Waals surface area contributed by atoms with E-state index in [1.54, 1.807) is 25.4 Å². The Labute approximate surface area is 83.2 Å². The second-order valence-electron chi connectivity index (χ2n) is 3.46. The average molecular weight is 200 g/mol. The fourth-order valence-electron chi connectivity index (χ4n) is 1.31. The molecule has 0 saturated heterocycles. The van der Waals surface area contributed by atoms with Gasteiger partial charge < -0.3 is 9.84 Å². The Hall–Kier alpha value is -0.380. The molecule has 0 amide bonds. The Bertz CT molecular complexity index is 278. The van der Waals surface area contributed by atoms with Crippen LogP contribution in [0.2, 0.25) is 0 Å². The summed E-state index contributed by atoms with van der Waals surface area (Å²) in [5.74, 6) is 0. The van der Waals surface area contributed by atoms with Gasteiger partial charge in [0.25, 0.3) is 0 Å². The van der Waals surface area contributed by atoms with Crippen LogP contribution in [0.4, 0.5) is 0 Å². The lowest BCUT2D eigenvalue weighted by molar-refractivity contribution is -0.0751. The molecule has 0 aliphatic heterocycles. The molecule has 3 heteroatoms. The first-order chi connectivity index (χ1) is 6.00. The summed E-state index contributed by atoms with van der Waals surface area (Å²) in [5, 5.41) is 12.2. The first-order valence-electron chi connectivity index (χ1n) is 4.30. The Morgan fingerprint density at radius 3 is 2.62 bits per heavy atom. The van der Waals surface area contributed by atoms with Crippen molar-refractivity contribution < 1.29 is 9.84 Å². The van der Waals surface area contributed by atoms with E-state index in [1.165, 1.54) is 0 Å². The van der Waals surface area contributed by atoms with Crippen molar-refractivity contribution in [2.45, 2.75) is 32.5 Å². The van der Waals surface area contributed by atoms with Crippen LogP contribution in [0.25, 0.3) is 0 Å². The zero-order valence-corrected chi connectivity index (χ0v) is 9.31. The van der Waals surface area contributed by atoms with E-state index in [1.807, 2.05) is 25.3 Å². The summed E-state index contributed by atoms with van der Waals surface area (Å²) in [5.41, 5.74) is 0.242. The van der Waals surface area contributed by atoms with Gasteiger partial charge in [-0.15, -0.1) is 11.3 Å². The highest BCUT2D eigenvalue weighted by atomic mass is 32.1. The fraction of sp³-hybridized carbons (Fsp3) is 0.600. The molecule has 1 aromatic heterocycles. The Kier molecular flexibility index (Phi) is 3.11. The van der Waals surface area contributed by atoms with Crippen molar-refractivity contribution in [3.8, 4) is 0 Å². The molecule has 0 aromatic carbocycles. The lowest BCUT2D eigenvalue weighted by Crippen LogP contribution is -2.35. The molecule has 1 heterocycles. The summed E-state index contributed by atoms with van der Waals surface area (Å²) in [6, 6.07) is 2.01. The summed E-state index contributed by atoms with van der Waals surface area (Å²) in [6.45, 7) is 5.67. The number of aryl methyl sites for hydroxylation is 1. The molecule has 2 nitrogen and oxygen atoms in total. The van der Waals surface area contributed by atoms with Gasteiger partial charge in [0.15, 0.2) is 0 Å². The largest absolute Gasteiger partial charge is 0.382 e. The van der Waals surface area contributed by atoms with E-state index in [2.05, 4.69) is 0 Å². The van der Waals surface area contributed by atoms with E-state index in [-0.39, 0.29) is 6.10 Å². The minimum Gasteiger partial charge on any atom is -0.382 e. The summed E-state index contributed by atoms with van der Waals surface area (Å²) < 4.78 is 5.15. The monoisotopic (exact) mass is 200 g/mol. The Balaban J connectivity index is 2.99. The Morgan fingerprint density at radius 1 is 1.62 bits per heavy atom. The van der Waals surface area contributed by atoms with E-state index in [4.69, 9.17) is 4.74 Å². The van der Waals surface area contributed by atoms with Crippen LogP contribution in [0.5, 0.6) is 0 Å². The molecule has 0 aliphatic rings. The van der Waals surface area contributed by atoms with Crippen molar-refractivity contribution in [3.05, 3.63) is 21.9 Å². The predicted molar refractivity (Wildman–Crippen MR) is 55.1 cm³/mol. The second-order valence-corrected chi connectivity index (χ2v) is 4.37. The van der Waals surface area contributed by atoms with Gasteiger partial charge >= 0.3 is 0 Å². The highest BCUT2D eigenvalue weighted by Crippen LogP contribution is 2.32. The standard InChI is InChI=1S/C10H16O2S/c1-7-5-6-13-9(7)10(3,11)8(2)12-4/h5-6,8,11H,1-4H3. The van der Waals surface area contributed by atoms with Crippen LogP contribution in [-0.2, 0) is 10.3 Å². The first kappa shape index (κ1) is 10.7. The SMILES string of the molecule is COC(C)C(C)(O)c1sccc1C. The van der Waals surface area contributed by atoms with E-state index in [0.717, 1.165) is 10.4 Å². The molecule has 2 atom stereocenters. The van der Waals surface area contributed by atoms with Crippen molar-refractivity contribution in [2.75, 3.05) is 7.11 Å². The van der Waals surface area contributed by atoms with Gasteiger partial charge in [0.05, 0.1) is 6.10 Å². The van der Waals surface area contributed by atoms with Crippen LogP contribution >= 0.6 is 11.3 Å². The lowest BCUT2D eigenvalue weighted by Gasteiger charge is -2.28. The van der Waals surface area contributed by atoms with Crippen LogP contribution in [-0.4, -0.2) is 18.3 Å². The van der Waals surface area contributed by atoms with Crippen LogP contribution in [0.1, 0.15) is 24.3 Å². The summed E-state index contributed by atoms with van der Waals surface area (Å²) in [7, 11) is 1.61. The third-order valence-corrected chi connectivity index (χ3v) is 3.71. The molecule has 0 aliphatic carbocycles. The van der Waals surface area contributed by atoms with Gasteiger partial charge in [-0.05, 0) is 37.8 Å². The van der Waals surface area contributed by atoms with Crippen molar-refractivity contribution >= 4 is 11.3 Å². The molecule has 0 bridgehead atoms. The quantitative estimate of drug-likeness (QED) is 0.811. The molecule has 0 radical (unpaired) electrons. The number of hydrogen-bond donors (Lipinski definition) is 1. The van der Waals surface area contributed by atoms with Crippen molar-refractivity contribution in [2.24, 2.45) is 0 Å². The third kappa shape index (κ3) is 1.93. The number of rotatable bonds is 3. The number of methoxy groups -OCH3 is 1. The molecule has 2 unspecified atom stereocenters. The molecule has 0 saturated carbocycles. The van der Waals surface area contributed by atoms with Crippen LogP contribution < -0.4 is 0 Å². The van der Waals surface area contributed by atoms with Gasteiger partial charge in [-0.1, -0.05) is 0 Å². The number of ether oxygens (including phenoxy) is 1. The molecule has 74 valence electrons. The maximum Gasteiger partial charge on any atom is 0.122 e. The lowest BCUT2D eigenvalue weighted by atomic mass is 9.96. The smallest absolute Gasteiger partial charge is 0.122 e. The van der Waals surface area contributed by atoms with E-state index in [0.29, 0.717) is 0 Å². The zero-order chi connectivity index (χ0) is 10.1. The fourth-order valence-corrected chi connectivity index (χ4v) is 2.37. The van der Waals surface area contributed by atoms with Gasteiger partial charge in [-0.2, -0.15) is 0 Å². The van der Waals surface area contributed by atoms with E-state index < -0.39 is 5.60 Å². The normalized spacial score (nSPS) is 18.2. The highest BCUT2D eigenvalue weighted by molar-refractivity contribution is 7.10. The van der Waals surface area contributed by atoms with Gasteiger partial charge in [0, 0.05) is 12.0 Å². The maximum absolute atomic E-state index is 10.2. The summed E-state index contributed by atoms with van der Waals surface area (Å²) >= 11 is 1.57. The Morgan fingerprint density at radius 2 is 2.23 bits per heavy atom. The molecule has 13 heavy (non-hydrogen) atoms. The van der Waals surface area contributed by atoms with Crippen LogP contribution in [0.15, 0.2) is 11.4 Å². The minimum absolute atomic E-state index is 0.190. The van der Waals surface area contributed by atoms with E-state index in [9.17, 15) is 5.11 Å². The molecular weight excluding hydrogens is 184 g/mol. The first-order valence-corrected chi connectivity index (χ1v) is 5.18. The molecule has 0 spiro atoms. The summed E-state index contributed by atoms with van der Waals surface area (Å²) in [6.07, 6.45) is -0.190. The maximum atomic E-state index is 10.2. The van der Waals surface area contributed by atoms with Gasteiger partial charge in [-0.3, -0.25) is 0 Å². The molecule has 1 aromatic rings. The number of hydrogen-bond acceptors (Lipinski definition) is 3. The molecule has 0 fully saturated rings. The summed E-state index contributed by atoms with van der Waals surface area (Å²) in [4.78, 5) is 0.988. The van der Waals surface area contributed by atoms with Gasteiger partial charge in [-0.25, -0.2) is 0 Å². The number of aliphatic hydroxyl groups is 1. The van der Waals surface area contributed by atoms with E-state index >= 15 is 0 Å². The van der Waals surface area contributed by atoms with Crippen molar-refractivity contribution in [1.29, 1.82) is 0 Å². The highest BCUT2D eigenvalue weighted by Gasteiger charge is 2.32. The van der Waals surface area contributed by atoms with Crippen LogP contribution in [0.3, 0.4) is 0 Å². The topological polar surface area (TPSA) is 29.5 Å². The predicted octanol–water partition coefficient (Wildman–Crippen LogP) is 2.30. The molecule has 1 N–H and O–H groups in total. The van der Waals surface area contributed by atoms with Crippen LogP contribution in [0, 0.1) is 6.92 Å². The minimum atomic E-state index is -0.882. The van der Waals surface area contributed by atoms with Crippen molar-refractivity contribution in [1.82, 2.24) is 0 Å². The van der Waals surface area contributed by atoms with Gasteiger partial charge in [0.2, 0.25) is 0 Å². The van der Waals surface area contributed by atoms with Gasteiger partial charge in [0.1, 0.15) is 5.60 Å². The number of thiophene rings is 1. The molecule has 1 rings (SSSR count). The molecular formula is C10H16O2S.